The minimum Gasteiger partial charge on any atom is -0.494 e. The van der Waals surface area contributed by atoms with Crippen molar-refractivity contribution in [3.05, 3.63) is 46.2 Å². The fraction of sp³-hybridized carbons (Fsp3) is 0.444. The monoisotopic (exact) mass is 420 g/mol. The lowest BCUT2D eigenvalue weighted by Gasteiger charge is -2.27. The van der Waals surface area contributed by atoms with Crippen molar-refractivity contribution in [2.75, 3.05) is 13.2 Å². The van der Waals surface area contributed by atoms with Crippen molar-refractivity contribution < 1.29 is 32.2 Å². The van der Waals surface area contributed by atoms with Crippen molar-refractivity contribution in [2.45, 2.75) is 38.0 Å². The lowest BCUT2D eigenvalue weighted by molar-refractivity contribution is -0.267. The van der Waals surface area contributed by atoms with Crippen LogP contribution < -0.4 is 10.1 Å². The summed E-state index contributed by atoms with van der Waals surface area (Å²) in [5.41, 5.74) is -2.98. The molecular formula is C18H20F4N2O3S. The Bertz CT molecular complexity index is 780. The molecule has 0 saturated carbocycles. The molecule has 1 unspecified atom stereocenters. The van der Waals surface area contributed by atoms with Gasteiger partial charge >= 0.3 is 6.18 Å². The molecule has 0 aliphatic heterocycles. The number of rotatable bonds is 9. The number of carbonyl (C=O) groups excluding carboxylic acids is 1. The minimum atomic E-state index is -5.03. The molecule has 1 heterocycles. The number of aliphatic hydroxyl groups is 1. The van der Waals surface area contributed by atoms with E-state index in [1.54, 1.807) is 0 Å². The van der Waals surface area contributed by atoms with Gasteiger partial charge in [0.25, 0.3) is 0 Å². The molecule has 2 rings (SSSR count). The second-order valence-corrected chi connectivity index (χ2v) is 7.05. The van der Waals surface area contributed by atoms with Gasteiger partial charge in [-0.1, -0.05) is 0 Å². The lowest BCUT2D eigenvalue weighted by atomic mass is 9.99. The number of amides is 1. The van der Waals surface area contributed by atoms with Crippen LogP contribution in [0.1, 0.15) is 30.0 Å². The van der Waals surface area contributed by atoms with Gasteiger partial charge in [0.15, 0.2) is 0 Å². The average molecular weight is 420 g/mol. The van der Waals surface area contributed by atoms with Gasteiger partial charge in [-0.25, -0.2) is 9.37 Å². The third kappa shape index (κ3) is 5.90. The van der Waals surface area contributed by atoms with Crippen LogP contribution in [0.4, 0.5) is 17.6 Å². The molecule has 1 aromatic heterocycles. The van der Waals surface area contributed by atoms with Crippen LogP contribution >= 0.6 is 11.3 Å². The summed E-state index contributed by atoms with van der Waals surface area (Å²) in [6.07, 6.45) is -5.19. The number of hydrogen-bond donors (Lipinski definition) is 2. The summed E-state index contributed by atoms with van der Waals surface area (Å²) in [7, 11) is 0. The van der Waals surface area contributed by atoms with Crippen LogP contribution in [0.2, 0.25) is 0 Å². The first-order valence-corrected chi connectivity index (χ1v) is 9.36. The predicted octanol–water partition coefficient (Wildman–Crippen LogP) is 3.71. The first-order valence-electron chi connectivity index (χ1n) is 8.48. The number of halogens is 4. The van der Waals surface area contributed by atoms with Gasteiger partial charge in [0, 0.05) is 17.6 Å². The van der Waals surface area contributed by atoms with Crippen molar-refractivity contribution in [3.8, 4) is 5.75 Å². The highest BCUT2D eigenvalue weighted by molar-refractivity contribution is 7.09. The molecule has 0 saturated heterocycles. The Balaban J connectivity index is 1.76. The summed E-state index contributed by atoms with van der Waals surface area (Å²) in [5, 5.41) is 13.3. The molecule has 154 valence electrons. The van der Waals surface area contributed by atoms with Gasteiger partial charge in [-0.05, 0) is 44.0 Å². The zero-order valence-electron chi connectivity index (χ0n) is 15.1. The third-order valence-electron chi connectivity index (χ3n) is 3.83. The van der Waals surface area contributed by atoms with Crippen LogP contribution in [0.5, 0.6) is 5.75 Å². The summed E-state index contributed by atoms with van der Waals surface area (Å²) < 4.78 is 58.1. The zero-order chi connectivity index (χ0) is 20.8. The maximum atomic E-state index is 13.3. The Morgan fingerprint density at radius 2 is 1.93 bits per heavy atom. The molecule has 0 radical (unpaired) electrons. The van der Waals surface area contributed by atoms with Gasteiger partial charge in [-0.2, -0.15) is 13.2 Å². The van der Waals surface area contributed by atoms with Crippen molar-refractivity contribution in [1.29, 1.82) is 0 Å². The molecule has 0 bridgehead atoms. The molecule has 2 aromatic rings. The van der Waals surface area contributed by atoms with E-state index in [-0.39, 0.29) is 12.4 Å². The number of ether oxygens (including phenoxy) is 1. The third-order valence-corrected chi connectivity index (χ3v) is 4.95. The van der Waals surface area contributed by atoms with E-state index in [0.717, 1.165) is 0 Å². The summed E-state index contributed by atoms with van der Waals surface area (Å²) >= 11 is 0.658. The average Bonchev–Trinajstić information content (AvgIpc) is 3.05. The largest absolute Gasteiger partial charge is 0.494 e. The summed E-state index contributed by atoms with van der Waals surface area (Å²) in [5.74, 6) is -0.798. The Hall–Kier alpha value is -2.20. The number of hydrogen-bond acceptors (Lipinski definition) is 5. The van der Waals surface area contributed by atoms with Gasteiger partial charge in [0.05, 0.1) is 13.0 Å². The van der Waals surface area contributed by atoms with Crippen molar-refractivity contribution in [3.63, 3.8) is 0 Å². The normalized spacial score (nSPS) is 13.8. The standard InChI is InChI=1S/C18H20F4N2O3S/c1-12-11-28-16(24-12)17(26,18(20,21)22)10-15(25)23-8-2-3-9-27-14-6-4-13(19)5-7-14/h4-7,11,26H,2-3,8-10H2,1H3,(H,23,25). The number of nitrogens with one attached hydrogen (secondary N) is 1. The first kappa shape index (κ1) is 22.1. The second-order valence-electron chi connectivity index (χ2n) is 6.19. The van der Waals surface area contributed by atoms with Crippen molar-refractivity contribution in [2.24, 2.45) is 0 Å². The smallest absolute Gasteiger partial charge is 0.424 e. The lowest BCUT2D eigenvalue weighted by Crippen LogP contribution is -2.46. The highest BCUT2D eigenvalue weighted by atomic mass is 32.1. The SMILES string of the molecule is Cc1csc(C(O)(CC(=O)NCCCCOc2ccc(F)cc2)C(F)(F)F)n1. The summed E-state index contributed by atoms with van der Waals surface area (Å²) in [6.45, 7) is 1.95. The number of alkyl halides is 3. The first-order chi connectivity index (χ1) is 13.1. The Labute approximate surface area is 163 Å². The van der Waals surface area contributed by atoms with E-state index in [1.807, 2.05) is 0 Å². The quantitative estimate of drug-likeness (QED) is 0.479. The van der Waals surface area contributed by atoms with E-state index >= 15 is 0 Å². The maximum absolute atomic E-state index is 13.3. The predicted molar refractivity (Wildman–Crippen MR) is 95.6 cm³/mol. The molecule has 10 heteroatoms. The molecular weight excluding hydrogens is 400 g/mol. The summed E-state index contributed by atoms with van der Waals surface area (Å²) in [4.78, 5) is 15.6. The molecule has 28 heavy (non-hydrogen) atoms. The number of benzene rings is 1. The molecule has 1 aromatic carbocycles. The number of aryl methyl sites for hydroxylation is 1. The summed E-state index contributed by atoms with van der Waals surface area (Å²) in [6, 6.07) is 5.49. The topological polar surface area (TPSA) is 71.5 Å². The minimum absolute atomic E-state index is 0.135. The molecule has 0 aliphatic rings. The van der Waals surface area contributed by atoms with E-state index in [1.165, 1.54) is 36.6 Å². The number of thiazole rings is 1. The van der Waals surface area contributed by atoms with E-state index in [4.69, 9.17) is 4.74 Å². The van der Waals surface area contributed by atoms with Crippen LogP contribution in [0.3, 0.4) is 0 Å². The fourth-order valence-electron chi connectivity index (χ4n) is 2.31. The Kier molecular flexibility index (Phi) is 7.36. The van der Waals surface area contributed by atoms with Gasteiger partial charge in [0.1, 0.15) is 16.6 Å². The molecule has 0 spiro atoms. The number of nitrogens with zero attached hydrogens (tertiary/aromatic N) is 1. The Morgan fingerprint density at radius 3 is 2.50 bits per heavy atom. The van der Waals surface area contributed by atoms with Gasteiger partial charge < -0.3 is 15.2 Å². The zero-order valence-corrected chi connectivity index (χ0v) is 15.9. The number of unbranched alkanes of at least 4 members (excludes halogenated alkanes) is 1. The molecule has 0 fully saturated rings. The van der Waals surface area contributed by atoms with Crippen LogP contribution in [-0.4, -0.2) is 35.3 Å². The molecule has 0 aliphatic carbocycles. The van der Waals surface area contributed by atoms with E-state index in [2.05, 4.69) is 10.3 Å². The van der Waals surface area contributed by atoms with Gasteiger partial charge in [0.2, 0.25) is 11.5 Å². The molecule has 5 nitrogen and oxygen atoms in total. The van der Waals surface area contributed by atoms with Crippen molar-refractivity contribution in [1.82, 2.24) is 10.3 Å². The fourth-order valence-corrected chi connectivity index (χ4v) is 3.23. The van der Waals surface area contributed by atoms with Crippen LogP contribution in [-0.2, 0) is 10.4 Å². The van der Waals surface area contributed by atoms with E-state index < -0.39 is 29.1 Å². The number of aromatic nitrogens is 1. The van der Waals surface area contributed by atoms with Crippen molar-refractivity contribution >= 4 is 17.2 Å². The molecule has 2 N–H and O–H groups in total. The van der Waals surface area contributed by atoms with Gasteiger partial charge in [-0.15, -0.1) is 11.3 Å². The van der Waals surface area contributed by atoms with E-state index in [9.17, 15) is 27.5 Å². The van der Waals surface area contributed by atoms with Crippen LogP contribution in [0, 0.1) is 12.7 Å². The van der Waals surface area contributed by atoms with E-state index in [0.29, 0.717) is 42.2 Å². The van der Waals surface area contributed by atoms with Crippen LogP contribution in [0.15, 0.2) is 29.6 Å². The highest BCUT2D eigenvalue weighted by Crippen LogP contribution is 2.42. The Morgan fingerprint density at radius 1 is 1.25 bits per heavy atom. The highest BCUT2D eigenvalue weighted by Gasteiger charge is 2.58. The van der Waals surface area contributed by atoms with Crippen LogP contribution in [0.25, 0.3) is 0 Å². The molecule has 1 atom stereocenters. The number of carbonyl (C=O) groups is 1. The second kappa shape index (κ2) is 9.33. The maximum Gasteiger partial charge on any atom is 0.424 e. The van der Waals surface area contributed by atoms with Gasteiger partial charge in [-0.3, -0.25) is 4.79 Å². The molecule has 1 amide bonds.